The van der Waals surface area contributed by atoms with Gasteiger partial charge in [0.2, 0.25) is 0 Å². The van der Waals surface area contributed by atoms with Gasteiger partial charge in [0.15, 0.2) is 0 Å². The van der Waals surface area contributed by atoms with Gasteiger partial charge in [-0.25, -0.2) is 0 Å². The number of ether oxygens (including phenoxy) is 2. The van der Waals surface area contributed by atoms with Crippen LogP contribution in [0.4, 0.5) is 0 Å². The van der Waals surface area contributed by atoms with Crippen LogP contribution >= 0.6 is 0 Å². The average Bonchev–Trinajstić information content (AvgIpc) is 3.08. The van der Waals surface area contributed by atoms with Crippen LogP contribution in [-0.4, -0.2) is 24.6 Å². The number of hydrogen-bond acceptors (Lipinski definition) is 4. The SMILES string of the molecule is CC(=O)OCCC[C@@H](C)[C@H]1CC[C@H]2[C@@H]3CC=C4C[C@@H](OC(C)=O)CC[C@]4(C)[C@H]3CC[C@]12C. The molecule has 0 aromatic rings. The first-order valence-electron chi connectivity index (χ1n) is 13.1. The highest BCUT2D eigenvalue weighted by atomic mass is 16.5. The Bertz CT molecular complexity index is 757. The molecule has 0 spiro atoms. The topological polar surface area (TPSA) is 52.6 Å². The Morgan fingerprint density at radius 2 is 1.84 bits per heavy atom. The number of allylic oxidation sites excluding steroid dienone is 1. The third kappa shape index (κ3) is 4.28. The summed E-state index contributed by atoms with van der Waals surface area (Å²) in [5.74, 6) is 3.63. The van der Waals surface area contributed by atoms with E-state index in [1.54, 1.807) is 5.57 Å². The maximum absolute atomic E-state index is 11.5. The molecule has 0 heterocycles. The summed E-state index contributed by atoms with van der Waals surface area (Å²) in [4.78, 5) is 22.5. The van der Waals surface area contributed by atoms with Gasteiger partial charge < -0.3 is 9.47 Å². The van der Waals surface area contributed by atoms with Crippen molar-refractivity contribution < 1.29 is 19.1 Å². The number of carbonyl (C=O) groups is 2. The van der Waals surface area contributed by atoms with E-state index >= 15 is 0 Å². The summed E-state index contributed by atoms with van der Waals surface area (Å²) in [5, 5.41) is 0. The molecular weight excluding hydrogens is 400 g/mol. The molecule has 0 bridgehead atoms. The minimum Gasteiger partial charge on any atom is -0.466 e. The molecule has 32 heavy (non-hydrogen) atoms. The van der Waals surface area contributed by atoms with Crippen molar-refractivity contribution >= 4 is 11.9 Å². The molecule has 8 atom stereocenters. The highest BCUT2D eigenvalue weighted by molar-refractivity contribution is 5.66. The second-order valence-electron chi connectivity index (χ2n) is 11.9. The highest BCUT2D eigenvalue weighted by Gasteiger charge is 2.59. The lowest BCUT2D eigenvalue weighted by molar-refractivity contribution is -0.148. The van der Waals surface area contributed by atoms with Gasteiger partial charge in [0, 0.05) is 20.3 Å². The summed E-state index contributed by atoms with van der Waals surface area (Å²) in [7, 11) is 0. The lowest BCUT2D eigenvalue weighted by atomic mass is 9.47. The fourth-order valence-corrected chi connectivity index (χ4v) is 8.76. The molecule has 180 valence electrons. The minimum atomic E-state index is -0.163. The van der Waals surface area contributed by atoms with Crippen molar-refractivity contribution in [2.75, 3.05) is 6.61 Å². The number of fused-ring (bicyclic) bond motifs is 5. The van der Waals surface area contributed by atoms with Gasteiger partial charge in [-0.15, -0.1) is 0 Å². The Hall–Kier alpha value is -1.32. The Labute approximate surface area is 194 Å². The van der Waals surface area contributed by atoms with E-state index in [-0.39, 0.29) is 18.0 Å². The normalized spacial score (nSPS) is 41.5. The van der Waals surface area contributed by atoms with Gasteiger partial charge in [-0.1, -0.05) is 32.4 Å². The van der Waals surface area contributed by atoms with Crippen LogP contribution in [0.5, 0.6) is 0 Å². The Kier molecular flexibility index (Phi) is 6.81. The molecule has 3 saturated carbocycles. The molecule has 0 saturated heterocycles. The lowest BCUT2D eigenvalue weighted by Gasteiger charge is -2.58. The molecule has 4 nitrogen and oxygen atoms in total. The van der Waals surface area contributed by atoms with Gasteiger partial charge in [0.05, 0.1) is 6.61 Å². The third-order valence-electron chi connectivity index (χ3n) is 10.3. The number of carbonyl (C=O) groups excluding carboxylic acids is 2. The van der Waals surface area contributed by atoms with Gasteiger partial charge in [-0.05, 0) is 98.2 Å². The number of rotatable bonds is 6. The maximum Gasteiger partial charge on any atom is 0.302 e. The van der Waals surface area contributed by atoms with Crippen molar-refractivity contribution in [3.63, 3.8) is 0 Å². The largest absolute Gasteiger partial charge is 0.466 e. The minimum absolute atomic E-state index is 0.0842. The Balaban J connectivity index is 1.44. The maximum atomic E-state index is 11.5. The van der Waals surface area contributed by atoms with Crippen molar-refractivity contribution in [2.45, 2.75) is 105 Å². The molecule has 0 unspecified atom stereocenters. The molecule has 4 rings (SSSR count). The van der Waals surface area contributed by atoms with E-state index < -0.39 is 0 Å². The van der Waals surface area contributed by atoms with Crippen molar-refractivity contribution in [3.8, 4) is 0 Å². The van der Waals surface area contributed by atoms with Crippen LogP contribution in [0, 0.1) is 40.4 Å². The molecule has 0 N–H and O–H groups in total. The summed E-state index contributed by atoms with van der Waals surface area (Å²) in [6.07, 6.45) is 14.6. The van der Waals surface area contributed by atoms with Gasteiger partial charge in [-0.3, -0.25) is 9.59 Å². The van der Waals surface area contributed by atoms with E-state index in [1.807, 2.05) is 0 Å². The lowest BCUT2D eigenvalue weighted by Crippen LogP contribution is -2.51. The van der Waals surface area contributed by atoms with Crippen LogP contribution in [0.15, 0.2) is 11.6 Å². The van der Waals surface area contributed by atoms with E-state index in [4.69, 9.17) is 9.47 Å². The Morgan fingerprint density at radius 1 is 1.06 bits per heavy atom. The monoisotopic (exact) mass is 444 g/mol. The molecular formula is C28H44O4. The van der Waals surface area contributed by atoms with E-state index in [0.717, 1.165) is 55.8 Å². The van der Waals surface area contributed by atoms with Crippen LogP contribution in [0.25, 0.3) is 0 Å². The molecule has 3 fully saturated rings. The third-order valence-corrected chi connectivity index (χ3v) is 10.3. The predicted octanol–water partition coefficient (Wildman–Crippen LogP) is 6.48. The molecule has 4 heteroatoms. The van der Waals surface area contributed by atoms with Crippen molar-refractivity contribution in [1.82, 2.24) is 0 Å². The molecule has 0 aromatic heterocycles. The van der Waals surface area contributed by atoms with Gasteiger partial charge in [0.1, 0.15) is 6.10 Å². The molecule has 0 radical (unpaired) electrons. The zero-order valence-corrected chi connectivity index (χ0v) is 21.0. The summed E-state index contributed by atoms with van der Waals surface area (Å²) >= 11 is 0. The molecule has 0 aliphatic heterocycles. The van der Waals surface area contributed by atoms with E-state index in [1.165, 1.54) is 46.0 Å². The predicted molar refractivity (Wildman–Crippen MR) is 126 cm³/mol. The van der Waals surface area contributed by atoms with Crippen molar-refractivity contribution in [3.05, 3.63) is 11.6 Å². The summed E-state index contributed by atoms with van der Waals surface area (Å²) in [6, 6.07) is 0. The van der Waals surface area contributed by atoms with Gasteiger partial charge in [-0.2, -0.15) is 0 Å². The van der Waals surface area contributed by atoms with E-state index in [9.17, 15) is 9.59 Å². The van der Waals surface area contributed by atoms with Crippen molar-refractivity contribution in [1.29, 1.82) is 0 Å². The molecule has 4 aliphatic rings. The average molecular weight is 445 g/mol. The summed E-state index contributed by atoms with van der Waals surface area (Å²) in [6.45, 7) is 11.2. The second-order valence-corrected chi connectivity index (χ2v) is 11.9. The van der Waals surface area contributed by atoms with Crippen LogP contribution in [0.2, 0.25) is 0 Å². The molecule has 0 aromatic carbocycles. The summed E-state index contributed by atoms with van der Waals surface area (Å²) in [5.41, 5.74) is 2.33. The fourth-order valence-electron chi connectivity index (χ4n) is 8.76. The molecule has 0 amide bonds. The van der Waals surface area contributed by atoms with Crippen LogP contribution in [0.3, 0.4) is 0 Å². The first kappa shape index (κ1) is 23.8. The summed E-state index contributed by atoms with van der Waals surface area (Å²) < 4.78 is 10.8. The smallest absolute Gasteiger partial charge is 0.302 e. The highest BCUT2D eigenvalue weighted by Crippen LogP contribution is 2.67. The second kappa shape index (κ2) is 9.14. The molecule has 4 aliphatic carbocycles. The standard InChI is InChI=1S/C28H44O4/c1-18(7-6-16-31-19(2)29)24-10-11-25-23-9-8-21-17-22(32-20(3)30)12-14-27(21,4)26(23)13-15-28(24,25)5/h8,18,22-26H,6-7,9-17H2,1-5H3/t18-,22+,23+,24-,25+,26+,27+,28-/m1/s1. The fraction of sp³-hybridized carbons (Fsp3) is 0.857. The van der Waals surface area contributed by atoms with Crippen LogP contribution in [-0.2, 0) is 19.1 Å². The zero-order valence-electron chi connectivity index (χ0n) is 21.0. The first-order chi connectivity index (χ1) is 15.1. The Morgan fingerprint density at radius 3 is 2.56 bits per heavy atom. The number of esters is 2. The first-order valence-corrected chi connectivity index (χ1v) is 13.1. The van der Waals surface area contributed by atoms with Crippen molar-refractivity contribution in [2.24, 2.45) is 40.4 Å². The van der Waals surface area contributed by atoms with Gasteiger partial charge >= 0.3 is 11.9 Å². The zero-order chi connectivity index (χ0) is 23.1. The number of hydrogen-bond donors (Lipinski definition) is 0. The van der Waals surface area contributed by atoms with Crippen LogP contribution < -0.4 is 0 Å². The van der Waals surface area contributed by atoms with Crippen LogP contribution in [0.1, 0.15) is 98.8 Å². The quantitative estimate of drug-likeness (QED) is 0.267. The van der Waals surface area contributed by atoms with Gasteiger partial charge in [0.25, 0.3) is 0 Å². The van der Waals surface area contributed by atoms with E-state index in [0.29, 0.717) is 23.4 Å². The van der Waals surface area contributed by atoms with E-state index in [2.05, 4.69) is 26.8 Å².